The van der Waals surface area contributed by atoms with Gasteiger partial charge in [0.2, 0.25) is 11.8 Å². The zero-order valence-electron chi connectivity index (χ0n) is 7.75. The standard InChI is InChI=1S/C10H12N2O2/c11-10(14)7-3-1-2-6-4-5-8(13)12-9(6)7/h1,3,6H,2,4-5H2,(H2,11,14)(H,12,13). The molecule has 14 heavy (non-hydrogen) atoms. The number of carbonyl (C=O) groups excluding carboxylic acids is 2. The van der Waals surface area contributed by atoms with E-state index >= 15 is 0 Å². The van der Waals surface area contributed by atoms with Crippen LogP contribution in [0.4, 0.5) is 0 Å². The van der Waals surface area contributed by atoms with E-state index in [-0.39, 0.29) is 11.8 Å². The largest absolute Gasteiger partial charge is 0.366 e. The van der Waals surface area contributed by atoms with Crippen molar-refractivity contribution in [2.75, 3.05) is 0 Å². The fraction of sp³-hybridized carbons (Fsp3) is 0.400. The third kappa shape index (κ3) is 1.43. The molecule has 0 saturated carbocycles. The zero-order valence-corrected chi connectivity index (χ0v) is 7.75. The quantitative estimate of drug-likeness (QED) is 0.623. The maximum Gasteiger partial charge on any atom is 0.250 e. The van der Waals surface area contributed by atoms with E-state index in [0.717, 1.165) is 18.5 Å². The molecule has 2 rings (SSSR count). The second-order valence-corrected chi connectivity index (χ2v) is 3.61. The molecule has 0 spiro atoms. The minimum atomic E-state index is -0.469. The Labute approximate surface area is 81.8 Å². The summed E-state index contributed by atoms with van der Waals surface area (Å²) in [5, 5.41) is 2.74. The molecule has 1 aliphatic heterocycles. The molecule has 4 heteroatoms. The van der Waals surface area contributed by atoms with E-state index in [1.165, 1.54) is 0 Å². The van der Waals surface area contributed by atoms with Crippen molar-refractivity contribution in [1.29, 1.82) is 0 Å². The third-order valence-corrected chi connectivity index (χ3v) is 2.66. The summed E-state index contributed by atoms with van der Waals surface area (Å²) in [6, 6.07) is 0. The van der Waals surface area contributed by atoms with Crippen molar-refractivity contribution in [2.24, 2.45) is 11.7 Å². The lowest BCUT2D eigenvalue weighted by Crippen LogP contribution is -2.36. The number of allylic oxidation sites excluding steroid dienone is 2. The van der Waals surface area contributed by atoms with Crippen molar-refractivity contribution in [1.82, 2.24) is 5.32 Å². The summed E-state index contributed by atoms with van der Waals surface area (Å²) in [6.45, 7) is 0. The highest BCUT2D eigenvalue weighted by Crippen LogP contribution is 2.30. The number of piperidine rings is 1. The second kappa shape index (κ2) is 3.29. The number of nitrogens with two attached hydrogens (primary N) is 1. The van der Waals surface area contributed by atoms with Gasteiger partial charge in [0.25, 0.3) is 0 Å². The van der Waals surface area contributed by atoms with Crippen molar-refractivity contribution in [2.45, 2.75) is 19.3 Å². The molecule has 2 amide bonds. The Hall–Kier alpha value is -1.58. The monoisotopic (exact) mass is 192 g/mol. The van der Waals surface area contributed by atoms with E-state index in [2.05, 4.69) is 5.32 Å². The number of primary amides is 1. The first kappa shape index (κ1) is 8.99. The van der Waals surface area contributed by atoms with Crippen LogP contribution >= 0.6 is 0 Å². The van der Waals surface area contributed by atoms with E-state index < -0.39 is 5.91 Å². The van der Waals surface area contributed by atoms with Gasteiger partial charge in [-0.1, -0.05) is 12.2 Å². The fourth-order valence-electron chi connectivity index (χ4n) is 1.94. The molecular formula is C10H12N2O2. The van der Waals surface area contributed by atoms with Gasteiger partial charge in [0.05, 0.1) is 5.57 Å². The molecular weight excluding hydrogens is 180 g/mol. The molecule has 1 saturated heterocycles. The van der Waals surface area contributed by atoms with E-state index in [9.17, 15) is 9.59 Å². The van der Waals surface area contributed by atoms with Crippen LogP contribution in [0.25, 0.3) is 0 Å². The topological polar surface area (TPSA) is 72.2 Å². The number of hydrogen-bond acceptors (Lipinski definition) is 2. The lowest BCUT2D eigenvalue weighted by Gasteiger charge is -2.28. The van der Waals surface area contributed by atoms with Crippen LogP contribution in [0.15, 0.2) is 23.4 Å². The highest BCUT2D eigenvalue weighted by Gasteiger charge is 2.28. The van der Waals surface area contributed by atoms with Crippen LogP contribution in [0.1, 0.15) is 19.3 Å². The van der Waals surface area contributed by atoms with Gasteiger partial charge in [-0.05, 0) is 12.8 Å². The van der Waals surface area contributed by atoms with Crippen LogP contribution in [0.5, 0.6) is 0 Å². The molecule has 1 atom stereocenters. The van der Waals surface area contributed by atoms with E-state index in [1.807, 2.05) is 6.08 Å². The van der Waals surface area contributed by atoms with Crippen LogP contribution in [-0.2, 0) is 9.59 Å². The molecule has 74 valence electrons. The number of carbonyl (C=O) groups is 2. The number of hydrogen-bond donors (Lipinski definition) is 2. The lowest BCUT2D eigenvalue weighted by atomic mass is 9.85. The molecule has 1 fully saturated rings. The molecule has 0 aromatic heterocycles. The van der Waals surface area contributed by atoms with E-state index in [0.29, 0.717) is 12.0 Å². The van der Waals surface area contributed by atoms with E-state index in [1.54, 1.807) is 6.08 Å². The Morgan fingerprint density at radius 2 is 2.36 bits per heavy atom. The predicted octanol–water partition coefficient (Wildman–Crippen LogP) is 0.212. The molecule has 2 aliphatic rings. The van der Waals surface area contributed by atoms with Crippen LogP contribution in [0.2, 0.25) is 0 Å². The smallest absolute Gasteiger partial charge is 0.250 e. The Kier molecular flexibility index (Phi) is 2.11. The lowest BCUT2D eigenvalue weighted by molar-refractivity contribution is -0.121. The average Bonchev–Trinajstić information content (AvgIpc) is 2.16. The first-order valence-electron chi connectivity index (χ1n) is 4.69. The van der Waals surface area contributed by atoms with Crippen LogP contribution in [0, 0.1) is 5.92 Å². The van der Waals surface area contributed by atoms with Crippen molar-refractivity contribution >= 4 is 11.8 Å². The Morgan fingerprint density at radius 1 is 1.57 bits per heavy atom. The van der Waals surface area contributed by atoms with Gasteiger partial charge in [0, 0.05) is 18.0 Å². The highest BCUT2D eigenvalue weighted by atomic mass is 16.2. The minimum Gasteiger partial charge on any atom is -0.366 e. The van der Waals surface area contributed by atoms with Crippen molar-refractivity contribution in [3.8, 4) is 0 Å². The molecule has 1 aliphatic carbocycles. The Morgan fingerprint density at radius 3 is 3.07 bits per heavy atom. The first-order chi connectivity index (χ1) is 6.68. The maximum atomic E-state index is 11.2. The van der Waals surface area contributed by atoms with Crippen LogP contribution in [0.3, 0.4) is 0 Å². The van der Waals surface area contributed by atoms with Gasteiger partial charge >= 0.3 is 0 Å². The number of amides is 2. The first-order valence-corrected chi connectivity index (χ1v) is 4.69. The summed E-state index contributed by atoms with van der Waals surface area (Å²) >= 11 is 0. The van der Waals surface area contributed by atoms with Crippen molar-refractivity contribution in [3.63, 3.8) is 0 Å². The number of fused-ring (bicyclic) bond motifs is 1. The van der Waals surface area contributed by atoms with Gasteiger partial charge in [-0.15, -0.1) is 0 Å². The van der Waals surface area contributed by atoms with Gasteiger partial charge in [0.15, 0.2) is 0 Å². The van der Waals surface area contributed by atoms with Crippen LogP contribution < -0.4 is 11.1 Å². The molecule has 0 aromatic carbocycles. The summed E-state index contributed by atoms with van der Waals surface area (Å²) in [4.78, 5) is 22.2. The van der Waals surface area contributed by atoms with Gasteiger partial charge in [0.1, 0.15) is 0 Å². The molecule has 3 N–H and O–H groups in total. The van der Waals surface area contributed by atoms with E-state index in [4.69, 9.17) is 5.73 Å². The molecule has 0 aromatic rings. The van der Waals surface area contributed by atoms with Gasteiger partial charge < -0.3 is 11.1 Å². The summed E-state index contributed by atoms with van der Waals surface area (Å²) < 4.78 is 0. The SMILES string of the molecule is NC(=O)C1=C2NC(=O)CCC2CC=C1. The zero-order chi connectivity index (χ0) is 10.1. The normalized spacial score (nSPS) is 25.7. The van der Waals surface area contributed by atoms with Crippen LogP contribution in [-0.4, -0.2) is 11.8 Å². The molecule has 1 heterocycles. The summed E-state index contributed by atoms with van der Waals surface area (Å²) in [5.74, 6) is -0.228. The van der Waals surface area contributed by atoms with Crippen molar-refractivity contribution in [3.05, 3.63) is 23.4 Å². The third-order valence-electron chi connectivity index (χ3n) is 2.66. The molecule has 0 bridgehead atoms. The predicted molar refractivity (Wildman–Crippen MR) is 50.8 cm³/mol. The van der Waals surface area contributed by atoms with Gasteiger partial charge in [-0.3, -0.25) is 9.59 Å². The maximum absolute atomic E-state index is 11.2. The summed E-state index contributed by atoms with van der Waals surface area (Å²) in [6.07, 6.45) is 5.86. The minimum absolute atomic E-state index is 0.0229. The fourth-order valence-corrected chi connectivity index (χ4v) is 1.94. The Bertz CT molecular complexity index is 355. The molecule has 4 nitrogen and oxygen atoms in total. The van der Waals surface area contributed by atoms with Crippen molar-refractivity contribution < 1.29 is 9.59 Å². The molecule has 1 unspecified atom stereocenters. The van der Waals surface area contributed by atoms with Gasteiger partial charge in [-0.25, -0.2) is 0 Å². The second-order valence-electron chi connectivity index (χ2n) is 3.61. The number of nitrogens with one attached hydrogen (secondary N) is 1. The molecule has 0 radical (unpaired) electrons. The van der Waals surface area contributed by atoms with Gasteiger partial charge in [-0.2, -0.15) is 0 Å². The summed E-state index contributed by atoms with van der Waals surface area (Å²) in [7, 11) is 0. The Balaban J connectivity index is 2.37. The average molecular weight is 192 g/mol. The number of rotatable bonds is 1. The highest BCUT2D eigenvalue weighted by molar-refractivity contribution is 5.97. The summed E-state index contributed by atoms with van der Waals surface area (Å²) in [5.41, 5.74) is 6.39.